The summed E-state index contributed by atoms with van der Waals surface area (Å²) in [6.45, 7) is 1.68. The Bertz CT molecular complexity index is 231. The van der Waals surface area contributed by atoms with E-state index in [9.17, 15) is 0 Å². The molecule has 0 saturated heterocycles. The van der Waals surface area contributed by atoms with Gasteiger partial charge in [-0.1, -0.05) is 5.10 Å². The quantitative estimate of drug-likeness (QED) is 0.442. The van der Waals surface area contributed by atoms with Crippen LogP contribution in [0, 0.1) is 6.92 Å². The van der Waals surface area contributed by atoms with Crippen LogP contribution in [0.15, 0.2) is 9.41 Å². The highest BCUT2D eigenvalue weighted by Gasteiger charge is 1.99. The molecule has 0 aliphatic heterocycles. The second-order valence-corrected chi connectivity index (χ2v) is 1.57. The third-order valence-electron chi connectivity index (χ3n) is 0.766. The highest BCUT2D eigenvalue weighted by Crippen LogP contribution is 2.04. The average Bonchev–Trinajstić information content (AvgIpc) is 2.31. The number of aliphatic imine (C=N–C) groups is 1. The highest BCUT2D eigenvalue weighted by atomic mass is 16.6. The minimum Gasteiger partial charge on any atom is -0.398 e. The largest absolute Gasteiger partial charge is 0.421 e. The van der Waals surface area contributed by atoms with Crippen LogP contribution in [0.4, 0.5) is 0 Å². The molecule has 0 aliphatic rings. The van der Waals surface area contributed by atoms with Gasteiger partial charge in [0.25, 0.3) is 0 Å². The molecule has 1 heterocycles. The van der Waals surface area contributed by atoms with Gasteiger partial charge in [-0.15, -0.1) is 5.10 Å². The van der Waals surface area contributed by atoms with Gasteiger partial charge >= 0.3 is 6.08 Å². The molecule has 10 heavy (non-hydrogen) atoms. The molecular weight excluding hydrogens is 134 g/mol. The summed E-state index contributed by atoms with van der Waals surface area (Å²) < 4.78 is 9.59. The monoisotopic (exact) mass is 141 g/mol. The Balaban J connectivity index is 2.58. The lowest BCUT2D eigenvalue weighted by molar-refractivity contribution is 0.364. The molecule has 0 bridgehead atoms. The lowest BCUT2D eigenvalue weighted by Crippen LogP contribution is -1.88. The van der Waals surface area contributed by atoms with Gasteiger partial charge in [-0.05, 0) is 0 Å². The molecule has 0 spiro atoms. The van der Waals surface area contributed by atoms with Crippen LogP contribution in [-0.2, 0) is 0 Å². The fraction of sp³-hybridized carbons (Fsp3) is 0.400. The first-order chi connectivity index (χ1) is 4.83. The Morgan fingerprint density at radius 1 is 1.60 bits per heavy atom. The lowest BCUT2D eigenvalue weighted by Gasteiger charge is -1.85. The fourth-order valence-electron chi connectivity index (χ4n) is 0.424. The molecule has 0 saturated carbocycles. The minimum atomic E-state index is 0.114. The summed E-state index contributed by atoms with van der Waals surface area (Å²) in [6.07, 6.45) is 1.34. The number of hydrogen-bond acceptors (Lipinski definition) is 5. The first-order valence-electron chi connectivity index (χ1n) is 2.70. The molecule has 0 fully saturated rings. The second-order valence-electron chi connectivity index (χ2n) is 1.57. The summed E-state index contributed by atoms with van der Waals surface area (Å²) in [5.74, 6) is 0.472. The lowest BCUT2D eigenvalue weighted by atomic mass is 10.8. The normalized spacial score (nSPS) is 10.6. The van der Waals surface area contributed by atoms with Gasteiger partial charge in [-0.25, -0.2) is 0 Å². The number of ether oxygens (including phenoxy) is 1. The van der Waals surface area contributed by atoms with Crippen LogP contribution in [0.1, 0.15) is 5.89 Å². The van der Waals surface area contributed by atoms with Gasteiger partial charge in [0.1, 0.15) is 0 Å². The predicted molar refractivity (Wildman–Crippen MR) is 34.1 cm³/mol. The van der Waals surface area contributed by atoms with Crippen molar-refractivity contribution in [3.8, 4) is 6.08 Å². The molecule has 5 heteroatoms. The van der Waals surface area contributed by atoms with Crippen molar-refractivity contribution < 1.29 is 9.15 Å². The molecule has 5 nitrogen and oxygen atoms in total. The zero-order valence-corrected chi connectivity index (χ0v) is 5.74. The first kappa shape index (κ1) is 6.73. The van der Waals surface area contributed by atoms with E-state index < -0.39 is 0 Å². The van der Waals surface area contributed by atoms with E-state index in [-0.39, 0.29) is 6.08 Å². The van der Waals surface area contributed by atoms with E-state index in [1.54, 1.807) is 14.0 Å². The summed E-state index contributed by atoms with van der Waals surface area (Å²) in [5.41, 5.74) is 0. The van der Waals surface area contributed by atoms with Crippen LogP contribution < -0.4 is 4.74 Å². The standard InChI is InChI=1S/C5H7N3O2/c1-4-7-8-5(10-4)9-3-6-2/h3H,1-2H3/b6-3+. The number of hydrogen-bond donors (Lipinski definition) is 0. The van der Waals surface area contributed by atoms with E-state index in [0.717, 1.165) is 0 Å². The maximum absolute atomic E-state index is 4.85. The zero-order valence-electron chi connectivity index (χ0n) is 5.74. The molecule has 0 radical (unpaired) electrons. The summed E-state index contributed by atoms with van der Waals surface area (Å²) in [4.78, 5) is 3.57. The summed E-state index contributed by atoms with van der Waals surface area (Å²) in [5, 5.41) is 7.09. The van der Waals surface area contributed by atoms with E-state index in [2.05, 4.69) is 15.2 Å². The van der Waals surface area contributed by atoms with Crippen LogP contribution in [0.3, 0.4) is 0 Å². The van der Waals surface area contributed by atoms with Gasteiger partial charge in [-0.2, -0.15) is 0 Å². The summed E-state index contributed by atoms with van der Waals surface area (Å²) in [7, 11) is 1.59. The molecule has 0 aromatic carbocycles. The van der Waals surface area contributed by atoms with E-state index in [1.807, 2.05) is 0 Å². The van der Waals surface area contributed by atoms with Crippen LogP contribution in [0.5, 0.6) is 6.08 Å². The average molecular weight is 141 g/mol. The van der Waals surface area contributed by atoms with E-state index in [4.69, 9.17) is 9.15 Å². The SMILES string of the molecule is C/N=C/Oc1nnc(C)o1. The third-order valence-corrected chi connectivity index (χ3v) is 0.766. The van der Waals surface area contributed by atoms with Crippen LogP contribution in [0.25, 0.3) is 0 Å². The Kier molecular flexibility index (Phi) is 1.99. The van der Waals surface area contributed by atoms with Crippen LogP contribution in [0.2, 0.25) is 0 Å². The molecule has 1 aromatic rings. The smallest absolute Gasteiger partial charge is 0.398 e. The fourth-order valence-corrected chi connectivity index (χ4v) is 0.424. The second kappa shape index (κ2) is 2.95. The predicted octanol–water partition coefficient (Wildman–Crippen LogP) is 0.415. The van der Waals surface area contributed by atoms with Gasteiger partial charge in [0.2, 0.25) is 5.89 Å². The van der Waals surface area contributed by atoms with Crippen molar-refractivity contribution in [1.82, 2.24) is 10.2 Å². The Labute approximate surface area is 57.7 Å². The Morgan fingerprint density at radius 2 is 2.40 bits per heavy atom. The molecule has 0 amide bonds. The maximum atomic E-state index is 4.85. The molecule has 0 atom stereocenters. The van der Waals surface area contributed by atoms with Gasteiger partial charge in [0.05, 0.1) is 0 Å². The van der Waals surface area contributed by atoms with Crippen molar-refractivity contribution in [2.24, 2.45) is 4.99 Å². The minimum absolute atomic E-state index is 0.114. The van der Waals surface area contributed by atoms with Crippen LogP contribution in [-0.4, -0.2) is 23.6 Å². The van der Waals surface area contributed by atoms with Gasteiger partial charge < -0.3 is 9.15 Å². The van der Waals surface area contributed by atoms with Gasteiger partial charge in [0, 0.05) is 14.0 Å². The number of aryl methyl sites for hydroxylation is 1. The molecule has 1 aromatic heterocycles. The van der Waals surface area contributed by atoms with Crippen molar-refractivity contribution in [2.75, 3.05) is 7.05 Å². The van der Waals surface area contributed by atoms with E-state index in [0.29, 0.717) is 5.89 Å². The molecule has 0 aliphatic carbocycles. The maximum Gasteiger partial charge on any atom is 0.421 e. The topological polar surface area (TPSA) is 60.5 Å². The summed E-state index contributed by atoms with van der Waals surface area (Å²) >= 11 is 0. The van der Waals surface area contributed by atoms with Crippen molar-refractivity contribution >= 4 is 6.40 Å². The number of nitrogens with zero attached hydrogens (tertiary/aromatic N) is 3. The third kappa shape index (κ3) is 1.54. The molecule has 1 rings (SSSR count). The Morgan fingerprint density at radius 3 is 2.90 bits per heavy atom. The Hall–Kier alpha value is -1.39. The van der Waals surface area contributed by atoms with Gasteiger partial charge in [0.15, 0.2) is 6.40 Å². The summed E-state index contributed by atoms with van der Waals surface area (Å²) in [6, 6.07) is 0. The van der Waals surface area contributed by atoms with Crippen molar-refractivity contribution in [3.05, 3.63) is 5.89 Å². The van der Waals surface area contributed by atoms with Gasteiger partial charge in [-0.3, -0.25) is 4.99 Å². The van der Waals surface area contributed by atoms with Crippen molar-refractivity contribution in [2.45, 2.75) is 6.92 Å². The van der Waals surface area contributed by atoms with Crippen LogP contribution >= 0.6 is 0 Å². The molecule has 0 unspecified atom stereocenters. The van der Waals surface area contributed by atoms with Crippen molar-refractivity contribution in [3.63, 3.8) is 0 Å². The highest BCUT2D eigenvalue weighted by molar-refractivity contribution is 5.48. The number of rotatable bonds is 2. The van der Waals surface area contributed by atoms with Crippen molar-refractivity contribution in [1.29, 1.82) is 0 Å². The molecule has 54 valence electrons. The molecule has 0 N–H and O–H groups in total. The zero-order chi connectivity index (χ0) is 7.40. The first-order valence-corrected chi connectivity index (χ1v) is 2.70. The van der Waals surface area contributed by atoms with E-state index in [1.165, 1.54) is 6.40 Å². The number of aromatic nitrogens is 2. The molecular formula is C5H7N3O2. The van der Waals surface area contributed by atoms with E-state index >= 15 is 0 Å².